The molecule has 1 aliphatic carbocycles. The highest BCUT2D eigenvalue weighted by atomic mass is 16.5. The molecule has 2 nitrogen and oxygen atoms in total. The van der Waals surface area contributed by atoms with Gasteiger partial charge in [-0.25, -0.2) is 0 Å². The first-order chi connectivity index (χ1) is 10.8. The van der Waals surface area contributed by atoms with Crippen molar-refractivity contribution < 1.29 is 9.47 Å². The number of methoxy groups -OCH3 is 1. The van der Waals surface area contributed by atoms with Crippen LogP contribution in [-0.2, 0) is 10.3 Å². The SMILES string of the molecule is COc1ccc([C@H]2OC3(CCCCC3)c3ccccc32)cc1. The molecule has 4 rings (SSSR count). The van der Waals surface area contributed by atoms with Crippen LogP contribution in [0.3, 0.4) is 0 Å². The summed E-state index contributed by atoms with van der Waals surface area (Å²) in [4.78, 5) is 0. The van der Waals surface area contributed by atoms with E-state index in [1.807, 2.05) is 12.1 Å². The smallest absolute Gasteiger partial charge is 0.118 e. The summed E-state index contributed by atoms with van der Waals surface area (Å²) in [5, 5.41) is 0. The molecular formula is C20H22O2. The van der Waals surface area contributed by atoms with Gasteiger partial charge in [-0.3, -0.25) is 0 Å². The molecule has 0 saturated heterocycles. The monoisotopic (exact) mass is 294 g/mol. The van der Waals surface area contributed by atoms with Crippen molar-refractivity contribution in [3.05, 3.63) is 65.2 Å². The third kappa shape index (κ3) is 2.14. The Labute approximate surface area is 132 Å². The summed E-state index contributed by atoms with van der Waals surface area (Å²) < 4.78 is 11.9. The highest BCUT2D eigenvalue weighted by Gasteiger charge is 2.45. The van der Waals surface area contributed by atoms with Gasteiger partial charge in [0.1, 0.15) is 11.9 Å². The van der Waals surface area contributed by atoms with Gasteiger partial charge in [-0.05, 0) is 41.7 Å². The molecule has 0 unspecified atom stereocenters. The second-order valence-corrected chi connectivity index (χ2v) is 6.41. The maximum absolute atomic E-state index is 6.68. The minimum Gasteiger partial charge on any atom is -0.497 e. The first-order valence-electron chi connectivity index (χ1n) is 8.24. The van der Waals surface area contributed by atoms with Crippen LogP contribution in [0.4, 0.5) is 0 Å². The lowest BCUT2D eigenvalue weighted by molar-refractivity contribution is -0.0842. The molecule has 0 radical (unpaired) electrons. The molecule has 1 fully saturated rings. The van der Waals surface area contributed by atoms with Crippen molar-refractivity contribution in [2.75, 3.05) is 7.11 Å². The zero-order chi connectivity index (χ0) is 15.0. The van der Waals surface area contributed by atoms with Crippen molar-refractivity contribution in [2.45, 2.75) is 43.8 Å². The van der Waals surface area contributed by atoms with Crippen LogP contribution in [0.5, 0.6) is 5.75 Å². The van der Waals surface area contributed by atoms with Gasteiger partial charge < -0.3 is 9.47 Å². The minimum atomic E-state index is -0.0561. The van der Waals surface area contributed by atoms with Gasteiger partial charge in [-0.15, -0.1) is 0 Å². The Morgan fingerprint density at radius 3 is 2.41 bits per heavy atom. The molecule has 1 spiro atoms. The lowest BCUT2D eigenvalue weighted by Crippen LogP contribution is -2.28. The van der Waals surface area contributed by atoms with E-state index < -0.39 is 0 Å². The van der Waals surface area contributed by atoms with Crippen molar-refractivity contribution in [1.82, 2.24) is 0 Å². The number of benzene rings is 2. The van der Waals surface area contributed by atoms with Gasteiger partial charge in [-0.1, -0.05) is 55.7 Å². The van der Waals surface area contributed by atoms with Crippen molar-refractivity contribution in [2.24, 2.45) is 0 Å². The second-order valence-electron chi connectivity index (χ2n) is 6.41. The van der Waals surface area contributed by atoms with E-state index in [1.165, 1.54) is 36.0 Å². The van der Waals surface area contributed by atoms with E-state index >= 15 is 0 Å². The van der Waals surface area contributed by atoms with Gasteiger partial charge in [-0.2, -0.15) is 0 Å². The van der Waals surface area contributed by atoms with Crippen LogP contribution in [0.25, 0.3) is 0 Å². The number of ether oxygens (including phenoxy) is 2. The Bertz CT molecular complexity index is 654. The van der Waals surface area contributed by atoms with Gasteiger partial charge in [0.05, 0.1) is 12.7 Å². The molecule has 0 amide bonds. The van der Waals surface area contributed by atoms with Crippen molar-refractivity contribution >= 4 is 0 Å². The van der Waals surface area contributed by atoms with E-state index in [9.17, 15) is 0 Å². The molecule has 1 saturated carbocycles. The maximum atomic E-state index is 6.68. The van der Waals surface area contributed by atoms with Crippen LogP contribution in [-0.4, -0.2) is 7.11 Å². The largest absolute Gasteiger partial charge is 0.497 e. The minimum absolute atomic E-state index is 0.0557. The molecule has 1 atom stereocenters. The number of hydrogen-bond acceptors (Lipinski definition) is 2. The molecular weight excluding hydrogens is 272 g/mol. The predicted octanol–water partition coefficient (Wildman–Crippen LogP) is 4.97. The molecule has 22 heavy (non-hydrogen) atoms. The van der Waals surface area contributed by atoms with Crippen LogP contribution in [0.15, 0.2) is 48.5 Å². The summed E-state index contributed by atoms with van der Waals surface area (Å²) in [6.07, 6.45) is 6.22. The van der Waals surface area contributed by atoms with Crippen LogP contribution >= 0.6 is 0 Å². The highest BCUT2D eigenvalue weighted by molar-refractivity contribution is 5.44. The van der Waals surface area contributed by atoms with Crippen molar-refractivity contribution in [3.63, 3.8) is 0 Å². The lowest BCUT2D eigenvalue weighted by Gasteiger charge is -2.34. The van der Waals surface area contributed by atoms with Crippen LogP contribution in [0, 0.1) is 0 Å². The first kappa shape index (κ1) is 13.8. The molecule has 0 aromatic heterocycles. The molecule has 1 heterocycles. The summed E-state index contributed by atoms with van der Waals surface area (Å²) in [6.45, 7) is 0. The fourth-order valence-corrected chi connectivity index (χ4v) is 4.03. The standard InChI is InChI=1S/C20H22O2/c1-21-16-11-9-15(10-12-16)19-17-7-3-4-8-18(17)20(22-19)13-5-2-6-14-20/h3-4,7-12,19H,2,5-6,13-14H2,1H3/t19-/m1/s1. The number of rotatable bonds is 2. The Kier molecular flexibility index (Phi) is 3.42. The van der Waals surface area contributed by atoms with E-state index in [4.69, 9.17) is 9.47 Å². The predicted molar refractivity (Wildman–Crippen MR) is 87.1 cm³/mol. The third-order valence-corrected chi connectivity index (χ3v) is 5.16. The average Bonchev–Trinajstić information content (AvgIpc) is 2.90. The van der Waals surface area contributed by atoms with Gasteiger partial charge >= 0.3 is 0 Å². The summed E-state index contributed by atoms with van der Waals surface area (Å²) in [5.41, 5.74) is 3.92. The Balaban J connectivity index is 1.75. The third-order valence-electron chi connectivity index (χ3n) is 5.16. The Morgan fingerprint density at radius 2 is 1.68 bits per heavy atom. The summed E-state index contributed by atoms with van der Waals surface area (Å²) >= 11 is 0. The van der Waals surface area contributed by atoms with Gasteiger partial charge in [0.15, 0.2) is 0 Å². The molecule has 2 aromatic rings. The number of fused-ring (bicyclic) bond motifs is 2. The molecule has 1 aliphatic heterocycles. The Hall–Kier alpha value is -1.80. The summed E-state index contributed by atoms with van der Waals surface area (Å²) in [7, 11) is 1.70. The summed E-state index contributed by atoms with van der Waals surface area (Å²) in [5.74, 6) is 0.891. The van der Waals surface area contributed by atoms with Crippen LogP contribution in [0.2, 0.25) is 0 Å². The number of hydrogen-bond donors (Lipinski definition) is 0. The molecule has 2 aromatic carbocycles. The molecule has 2 aliphatic rings. The fraction of sp³-hybridized carbons (Fsp3) is 0.400. The molecule has 2 heteroatoms. The quantitative estimate of drug-likeness (QED) is 0.778. The topological polar surface area (TPSA) is 18.5 Å². The second kappa shape index (κ2) is 5.44. The van der Waals surface area contributed by atoms with Crippen molar-refractivity contribution in [1.29, 1.82) is 0 Å². The average molecular weight is 294 g/mol. The van der Waals surface area contributed by atoms with E-state index in [1.54, 1.807) is 7.11 Å². The normalized spacial score (nSPS) is 22.5. The lowest BCUT2D eigenvalue weighted by atomic mass is 9.79. The Morgan fingerprint density at radius 1 is 0.955 bits per heavy atom. The van der Waals surface area contributed by atoms with E-state index in [0.717, 1.165) is 18.6 Å². The maximum Gasteiger partial charge on any atom is 0.118 e. The van der Waals surface area contributed by atoms with Gasteiger partial charge in [0, 0.05) is 0 Å². The molecule has 114 valence electrons. The molecule has 0 N–H and O–H groups in total. The zero-order valence-corrected chi connectivity index (χ0v) is 13.0. The van der Waals surface area contributed by atoms with Crippen molar-refractivity contribution in [3.8, 4) is 5.75 Å². The van der Waals surface area contributed by atoms with Crippen LogP contribution < -0.4 is 4.74 Å². The molecule has 0 bridgehead atoms. The zero-order valence-electron chi connectivity index (χ0n) is 13.0. The van der Waals surface area contributed by atoms with E-state index in [2.05, 4.69) is 36.4 Å². The summed E-state index contributed by atoms with van der Waals surface area (Å²) in [6, 6.07) is 17.1. The van der Waals surface area contributed by atoms with Gasteiger partial charge in [0.25, 0.3) is 0 Å². The van der Waals surface area contributed by atoms with E-state index in [-0.39, 0.29) is 11.7 Å². The van der Waals surface area contributed by atoms with E-state index in [0.29, 0.717) is 0 Å². The van der Waals surface area contributed by atoms with Crippen LogP contribution in [0.1, 0.15) is 54.9 Å². The van der Waals surface area contributed by atoms with Gasteiger partial charge in [0.2, 0.25) is 0 Å². The fourth-order valence-electron chi connectivity index (χ4n) is 4.03. The first-order valence-corrected chi connectivity index (χ1v) is 8.24. The highest BCUT2D eigenvalue weighted by Crippen LogP contribution is 2.53.